The second-order valence-electron chi connectivity index (χ2n) is 18.0. The molecule has 4 N–H and O–H groups in total. The first kappa shape index (κ1) is 73.6. The molecule has 1 heterocycles. The van der Waals surface area contributed by atoms with Crippen LogP contribution in [-0.2, 0) is 42.9 Å². The number of thiophene rings is 1. The maximum absolute atomic E-state index is 12.4. The van der Waals surface area contributed by atoms with Crippen molar-refractivity contribution in [2.75, 3.05) is 82.3 Å². The monoisotopic (exact) mass is 1080 g/mol. The van der Waals surface area contributed by atoms with Crippen molar-refractivity contribution < 1.29 is 112 Å². The summed E-state index contributed by atoms with van der Waals surface area (Å²) in [6.45, 7) is 10.8. The van der Waals surface area contributed by atoms with Gasteiger partial charge in [-0.2, -0.15) is 10.5 Å². The summed E-state index contributed by atoms with van der Waals surface area (Å²) in [5.74, 6) is -5.59. The molecule has 19 heteroatoms. The fourth-order valence-corrected chi connectivity index (χ4v) is 8.27. The Hall–Kier alpha value is -3.46. The molecule has 408 valence electrons. The van der Waals surface area contributed by atoms with Gasteiger partial charge in [0.1, 0.15) is 35.2 Å². The molecular formula is C56H85N5Na2O11S. The van der Waals surface area contributed by atoms with Gasteiger partial charge < -0.3 is 59.9 Å². The standard InChI is InChI=1S/C49H82N2O11.C7H5N3S.2Na/c1-4-6-8-10-12-14-16-18-20-22-24-42(48(54)55)39-46(52)61-36-34-59-31-29-51(44-26-27-45(50)41(3)38-44)28-30-58-32-33-60-35-37-62-47(53)40-43(49(56)57)25-23-21-19-17-15-13-11-9-7-5-2;1-4-5(2-8)7(10)11-6(4)3-9;;/h20-23,26-27,38,42-43H,4-19,24-25,28-37,39-40,50H2,1-3H3,(H,54,55)(H,56,57);10H2,1H3;;/q;;2*+1/p-2/b22-20+,23-21+;;;. The molecule has 0 aliphatic carbocycles. The normalized spacial score (nSPS) is 11.6. The van der Waals surface area contributed by atoms with Gasteiger partial charge in [-0.3, -0.25) is 9.59 Å². The summed E-state index contributed by atoms with van der Waals surface area (Å²) < 4.78 is 27.5. The number of aryl methyl sites for hydroxylation is 1. The third-order valence-electron chi connectivity index (χ3n) is 12.0. The van der Waals surface area contributed by atoms with Crippen molar-refractivity contribution in [2.45, 2.75) is 156 Å². The van der Waals surface area contributed by atoms with Crippen molar-refractivity contribution in [2.24, 2.45) is 11.8 Å². The van der Waals surface area contributed by atoms with Crippen LogP contribution in [0.2, 0.25) is 0 Å². The molecule has 0 saturated heterocycles. The molecule has 1 aromatic heterocycles. The van der Waals surface area contributed by atoms with E-state index in [4.69, 9.17) is 45.7 Å². The van der Waals surface area contributed by atoms with Crippen LogP contribution in [0.25, 0.3) is 0 Å². The van der Waals surface area contributed by atoms with Gasteiger partial charge in [0.05, 0.1) is 58.0 Å². The largest absolute Gasteiger partial charge is 1.00 e. The molecule has 75 heavy (non-hydrogen) atoms. The molecule has 16 nitrogen and oxygen atoms in total. The number of carboxylic acid groups (broad SMARTS) is 2. The number of carboxylic acids is 2. The van der Waals surface area contributed by atoms with Crippen LogP contribution in [-0.4, -0.2) is 89.8 Å². The second kappa shape index (κ2) is 48.9. The minimum Gasteiger partial charge on any atom is -0.550 e. The van der Waals surface area contributed by atoms with Gasteiger partial charge in [0, 0.05) is 48.2 Å². The van der Waals surface area contributed by atoms with Crippen molar-refractivity contribution in [3.05, 3.63) is 64.1 Å². The Morgan fingerprint density at radius 3 is 1.44 bits per heavy atom. The van der Waals surface area contributed by atoms with Gasteiger partial charge in [-0.05, 0) is 81.7 Å². The summed E-state index contributed by atoms with van der Waals surface area (Å²) in [5.41, 5.74) is 15.2. The Balaban J connectivity index is 0. The maximum Gasteiger partial charge on any atom is 1.00 e. The van der Waals surface area contributed by atoms with Gasteiger partial charge >= 0.3 is 71.1 Å². The number of aliphatic carboxylic acids is 2. The summed E-state index contributed by atoms with van der Waals surface area (Å²) in [6, 6.07) is 9.70. The minimum atomic E-state index is -1.26. The number of rotatable bonds is 42. The predicted octanol–water partition coefficient (Wildman–Crippen LogP) is 2.60. The minimum absolute atomic E-state index is 0. The van der Waals surface area contributed by atoms with Crippen molar-refractivity contribution in [1.29, 1.82) is 10.5 Å². The average molecular weight is 1080 g/mol. The SMILES string of the molecule is CCCCCCCCC/C=C/CC(CC(=O)OCCOCCOCCN(CCOCCOC(=O)CC(C/C=C/CCCCCCCCC)C(=O)[O-])c1ccc(N)c(C)c1)C(=O)[O-].Cc1c(C#N)sc(N)c1C#N.[Na+].[Na+]. The van der Waals surface area contributed by atoms with Crippen LogP contribution >= 0.6 is 11.3 Å². The molecule has 0 aliphatic heterocycles. The van der Waals surface area contributed by atoms with E-state index in [-0.39, 0.29) is 118 Å². The first-order valence-corrected chi connectivity index (χ1v) is 27.2. The van der Waals surface area contributed by atoms with E-state index < -0.39 is 35.7 Å². The molecule has 1 aromatic carbocycles. The zero-order chi connectivity index (χ0) is 53.9. The molecule has 0 spiro atoms. The van der Waals surface area contributed by atoms with E-state index in [9.17, 15) is 29.4 Å². The Labute approximate surface area is 496 Å². The number of nitrogens with two attached hydrogens (primary N) is 2. The molecule has 2 atom stereocenters. The summed E-state index contributed by atoms with van der Waals surface area (Å²) in [6.07, 6.45) is 26.4. The third kappa shape index (κ3) is 37.1. The molecule has 0 radical (unpaired) electrons. The second-order valence-corrected chi connectivity index (χ2v) is 19.1. The van der Waals surface area contributed by atoms with Crippen molar-refractivity contribution in [1.82, 2.24) is 0 Å². The number of esters is 2. The first-order chi connectivity index (χ1) is 35.3. The summed E-state index contributed by atoms with van der Waals surface area (Å²) in [5, 5.41) is 40.7. The Kier molecular flexibility index (Phi) is 48.0. The number of unbranched alkanes of at least 4 members (excludes halogenated alkanes) is 14. The van der Waals surface area contributed by atoms with E-state index in [1.54, 1.807) is 6.92 Å². The number of ether oxygens (including phenoxy) is 5. The van der Waals surface area contributed by atoms with E-state index in [0.29, 0.717) is 59.6 Å². The van der Waals surface area contributed by atoms with Crippen molar-refractivity contribution in [3.8, 4) is 12.1 Å². The number of carbonyl (C=O) groups excluding carboxylic acids is 4. The van der Waals surface area contributed by atoms with Gasteiger partial charge in [0.15, 0.2) is 0 Å². The quantitative estimate of drug-likeness (QED) is 0.0318. The van der Waals surface area contributed by atoms with Gasteiger partial charge in [-0.15, -0.1) is 11.3 Å². The van der Waals surface area contributed by atoms with Gasteiger partial charge in [-0.25, -0.2) is 0 Å². The number of carbonyl (C=O) groups is 4. The Morgan fingerprint density at radius 2 is 1.05 bits per heavy atom. The number of nitrogen functional groups attached to an aromatic ring is 2. The molecule has 2 aromatic rings. The first-order valence-electron chi connectivity index (χ1n) is 26.4. The Bertz CT molecular complexity index is 2010. The Morgan fingerprint density at radius 1 is 0.627 bits per heavy atom. The van der Waals surface area contributed by atoms with Crippen LogP contribution in [0.5, 0.6) is 0 Å². The average Bonchev–Trinajstić information content (AvgIpc) is 3.65. The zero-order valence-electron chi connectivity index (χ0n) is 46.3. The fraction of sp³-hybridized carbons (Fsp3) is 0.643. The molecule has 0 amide bonds. The number of anilines is 3. The zero-order valence-corrected chi connectivity index (χ0v) is 51.1. The van der Waals surface area contributed by atoms with Gasteiger partial charge in [0.2, 0.25) is 0 Å². The van der Waals surface area contributed by atoms with Gasteiger partial charge in [-0.1, -0.05) is 115 Å². The summed E-state index contributed by atoms with van der Waals surface area (Å²) in [4.78, 5) is 50.4. The molecule has 0 bridgehead atoms. The molecule has 2 unspecified atom stereocenters. The van der Waals surface area contributed by atoms with Gasteiger partial charge in [0.25, 0.3) is 0 Å². The van der Waals surface area contributed by atoms with E-state index >= 15 is 0 Å². The number of nitriles is 2. The van der Waals surface area contributed by atoms with Crippen LogP contribution < -0.4 is 85.7 Å². The smallest absolute Gasteiger partial charge is 0.550 e. The van der Waals surface area contributed by atoms with E-state index in [0.717, 1.165) is 48.3 Å². The van der Waals surface area contributed by atoms with Crippen LogP contribution in [0.4, 0.5) is 16.4 Å². The number of allylic oxidation sites excluding steroid dienone is 4. The number of hydrogen-bond donors (Lipinski definition) is 2. The number of nitrogens with zero attached hydrogens (tertiary/aromatic N) is 3. The number of benzene rings is 1. The van der Waals surface area contributed by atoms with E-state index in [1.165, 1.54) is 77.0 Å². The van der Waals surface area contributed by atoms with Crippen LogP contribution in [0, 0.1) is 48.3 Å². The van der Waals surface area contributed by atoms with Crippen molar-refractivity contribution >= 4 is 51.6 Å². The van der Waals surface area contributed by atoms with Crippen LogP contribution in [0.15, 0.2) is 42.5 Å². The van der Waals surface area contributed by atoms with Crippen LogP contribution in [0.3, 0.4) is 0 Å². The third-order valence-corrected chi connectivity index (χ3v) is 13.0. The molecule has 0 fully saturated rings. The molecule has 2 rings (SSSR count). The van der Waals surface area contributed by atoms with Crippen molar-refractivity contribution in [3.63, 3.8) is 0 Å². The fourth-order valence-electron chi connectivity index (χ4n) is 7.45. The predicted molar refractivity (Wildman–Crippen MR) is 284 cm³/mol. The maximum atomic E-state index is 12.4. The molecular weight excluding hydrogens is 997 g/mol. The van der Waals surface area contributed by atoms with Crippen LogP contribution in [0.1, 0.15) is 164 Å². The topological polar surface area (TPSA) is 263 Å². The number of hydrogen-bond acceptors (Lipinski definition) is 17. The summed E-state index contributed by atoms with van der Waals surface area (Å²) in [7, 11) is 0. The van der Waals surface area contributed by atoms with E-state index in [1.807, 2.05) is 61.6 Å². The molecule has 0 saturated carbocycles. The molecule has 0 aliphatic rings. The van der Waals surface area contributed by atoms with E-state index in [2.05, 4.69) is 18.7 Å². The summed E-state index contributed by atoms with van der Waals surface area (Å²) >= 11 is 1.16.